The van der Waals surface area contributed by atoms with Crippen LogP contribution in [-0.4, -0.2) is 23.2 Å². The number of nitrogens with two attached hydrogens (primary N) is 1. The molecule has 0 bridgehead atoms. The highest BCUT2D eigenvalue weighted by Crippen LogP contribution is 2.31. The van der Waals surface area contributed by atoms with Crippen LogP contribution < -0.4 is 11.1 Å². The van der Waals surface area contributed by atoms with Gasteiger partial charge in [0.2, 0.25) is 0 Å². The lowest BCUT2D eigenvalue weighted by Gasteiger charge is -2.18. The molecule has 1 aliphatic rings. The van der Waals surface area contributed by atoms with Crippen molar-refractivity contribution in [2.24, 2.45) is 11.8 Å². The largest absolute Gasteiger partial charge is 0.397 e. The van der Waals surface area contributed by atoms with E-state index < -0.39 is 0 Å². The molecule has 1 aliphatic carbocycles. The second-order valence-electron chi connectivity index (χ2n) is 4.79. The van der Waals surface area contributed by atoms with Gasteiger partial charge in [0.05, 0.1) is 17.4 Å². The summed E-state index contributed by atoms with van der Waals surface area (Å²) >= 11 is 0. The van der Waals surface area contributed by atoms with Gasteiger partial charge in [-0.2, -0.15) is 5.26 Å². The molecule has 0 aliphatic heterocycles. The molecule has 1 heterocycles. The van der Waals surface area contributed by atoms with Crippen LogP contribution in [0.15, 0.2) is 12.3 Å². The number of aromatic nitrogens is 1. The van der Waals surface area contributed by atoms with E-state index in [4.69, 9.17) is 11.0 Å². The molecule has 0 saturated heterocycles. The maximum atomic E-state index is 9.26. The number of aliphatic hydroxyl groups excluding tert-OH is 1. The topological polar surface area (TPSA) is 95.0 Å². The highest BCUT2D eigenvalue weighted by atomic mass is 16.3. The molecule has 1 fully saturated rings. The molecular weight excluding hydrogens is 228 g/mol. The van der Waals surface area contributed by atoms with Gasteiger partial charge in [-0.15, -0.1) is 0 Å². The van der Waals surface area contributed by atoms with E-state index in [1.165, 1.54) is 0 Å². The molecule has 2 atom stereocenters. The second-order valence-corrected chi connectivity index (χ2v) is 4.79. The van der Waals surface area contributed by atoms with E-state index in [0.29, 0.717) is 28.9 Å². The first kappa shape index (κ1) is 12.7. The molecule has 2 rings (SSSR count). The summed E-state index contributed by atoms with van der Waals surface area (Å²) in [5.74, 6) is 1.41. The summed E-state index contributed by atoms with van der Waals surface area (Å²) in [6.07, 6.45) is 4.91. The number of pyridine rings is 1. The molecule has 2 unspecified atom stereocenters. The summed E-state index contributed by atoms with van der Waals surface area (Å²) in [5, 5.41) is 21.5. The number of anilines is 2. The van der Waals surface area contributed by atoms with Crippen LogP contribution in [-0.2, 0) is 0 Å². The van der Waals surface area contributed by atoms with Crippen molar-refractivity contribution >= 4 is 11.5 Å². The fourth-order valence-corrected chi connectivity index (χ4v) is 2.56. The molecular formula is C13H18N4O. The molecule has 4 N–H and O–H groups in total. The van der Waals surface area contributed by atoms with Gasteiger partial charge in [-0.25, -0.2) is 4.98 Å². The van der Waals surface area contributed by atoms with Crippen LogP contribution in [0.4, 0.5) is 11.5 Å². The molecule has 5 nitrogen and oxygen atoms in total. The quantitative estimate of drug-likeness (QED) is 0.745. The van der Waals surface area contributed by atoms with Crippen LogP contribution in [0.3, 0.4) is 0 Å². The first-order valence-corrected chi connectivity index (χ1v) is 6.25. The van der Waals surface area contributed by atoms with Gasteiger partial charge in [-0.3, -0.25) is 0 Å². The average Bonchev–Trinajstić information content (AvgIpc) is 2.84. The van der Waals surface area contributed by atoms with E-state index in [1.54, 1.807) is 12.3 Å². The van der Waals surface area contributed by atoms with Crippen LogP contribution >= 0.6 is 0 Å². The van der Waals surface area contributed by atoms with Gasteiger partial charge in [0.1, 0.15) is 11.9 Å². The normalized spacial score (nSPS) is 22.7. The standard InChI is InChI=1S/C13H18N4O/c14-5-11-4-12(15)7-17-13(11)16-6-9-2-1-3-10(9)8-18/h4,7,9-10,18H,1-3,6,8,15H2,(H,16,17). The smallest absolute Gasteiger partial charge is 0.144 e. The van der Waals surface area contributed by atoms with E-state index in [-0.39, 0.29) is 6.61 Å². The van der Waals surface area contributed by atoms with Crippen LogP contribution in [0.25, 0.3) is 0 Å². The Labute approximate surface area is 107 Å². The minimum atomic E-state index is 0.243. The van der Waals surface area contributed by atoms with Gasteiger partial charge in [0, 0.05) is 13.2 Å². The number of nitriles is 1. The van der Waals surface area contributed by atoms with Crippen molar-refractivity contribution in [1.29, 1.82) is 5.26 Å². The molecule has 96 valence electrons. The van der Waals surface area contributed by atoms with E-state index in [2.05, 4.69) is 16.4 Å². The zero-order valence-electron chi connectivity index (χ0n) is 10.3. The van der Waals surface area contributed by atoms with Gasteiger partial charge < -0.3 is 16.2 Å². The molecule has 1 aromatic heterocycles. The Morgan fingerprint density at radius 2 is 2.28 bits per heavy atom. The van der Waals surface area contributed by atoms with Crippen molar-refractivity contribution in [2.45, 2.75) is 19.3 Å². The Morgan fingerprint density at radius 3 is 3.00 bits per heavy atom. The van der Waals surface area contributed by atoms with Gasteiger partial charge in [-0.05, 0) is 30.7 Å². The third-order valence-corrected chi connectivity index (χ3v) is 3.61. The van der Waals surface area contributed by atoms with Crippen LogP contribution in [0.1, 0.15) is 24.8 Å². The number of hydrogen-bond acceptors (Lipinski definition) is 5. The monoisotopic (exact) mass is 246 g/mol. The van der Waals surface area contributed by atoms with E-state index in [0.717, 1.165) is 25.8 Å². The average molecular weight is 246 g/mol. The third kappa shape index (κ3) is 2.71. The maximum Gasteiger partial charge on any atom is 0.144 e. The van der Waals surface area contributed by atoms with Gasteiger partial charge in [0.25, 0.3) is 0 Å². The minimum absolute atomic E-state index is 0.243. The second kappa shape index (κ2) is 5.69. The Bertz CT molecular complexity index is 455. The summed E-state index contributed by atoms with van der Waals surface area (Å²) in [5.41, 5.74) is 6.55. The van der Waals surface area contributed by atoms with Gasteiger partial charge in [0.15, 0.2) is 0 Å². The zero-order valence-corrected chi connectivity index (χ0v) is 10.3. The molecule has 1 saturated carbocycles. The first-order valence-electron chi connectivity index (χ1n) is 6.25. The summed E-state index contributed by atoms with van der Waals surface area (Å²) in [6, 6.07) is 3.70. The number of nitrogen functional groups attached to an aromatic ring is 1. The summed E-state index contributed by atoms with van der Waals surface area (Å²) in [7, 11) is 0. The van der Waals surface area contributed by atoms with E-state index in [1.807, 2.05) is 0 Å². The predicted molar refractivity (Wildman–Crippen MR) is 69.8 cm³/mol. The Kier molecular flexibility index (Phi) is 4.00. The van der Waals surface area contributed by atoms with E-state index in [9.17, 15) is 5.11 Å². The molecule has 0 amide bonds. The van der Waals surface area contributed by atoms with Crippen LogP contribution in [0.2, 0.25) is 0 Å². The van der Waals surface area contributed by atoms with Crippen molar-refractivity contribution in [1.82, 2.24) is 4.98 Å². The molecule has 0 aromatic carbocycles. The molecule has 0 spiro atoms. The minimum Gasteiger partial charge on any atom is -0.397 e. The van der Waals surface area contributed by atoms with Crippen molar-refractivity contribution in [2.75, 3.05) is 24.2 Å². The SMILES string of the molecule is N#Cc1cc(N)cnc1NCC1CCCC1CO. The highest BCUT2D eigenvalue weighted by molar-refractivity contribution is 5.57. The summed E-state index contributed by atoms with van der Waals surface area (Å²) in [6.45, 7) is 0.990. The predicted octanol–water partition coefficient (Wildman–Crippen LogP) is 1.36. The number of rotatable bonds is 4. The lowest BCUT2D eigenvalue weighted by Crippen LogP contribution is -2.21. The Balaban J connectivity index is 2.00. The maximum absolute atomic E-state index is 9.26. The van der Waals surface area contributed by atoms with Gasteiger partial charge >= 0.3 is 0 Å². The Morgan fingerprint density at radius 1 is 1.50 bits per heavy atom. The summed E-state index contributed by atoms with van der Waals surface area (Å²) < 4.78 is 0. The Hall–Kier alpha value is -1.80. The number of aliphatic hydroxyl groups is 1. The molecule has 1 aromatic rings. The zero-order chi connectivity index (χ0) is 13.0. The van der Waals surface area contributed by atoms with Crippen LogP contribution in [0, 0.1) is 23.2 Å². The molecule has 18 heavy (non-hydrogen) atoms. The number of hydrogen-bond donors (Lipinski definition) is 3. The van der Waals surface area contributed by atoms with Crippen molar-refractivity contribution < 1.29 is 5.11 Å². The van der Waals surface area contributed by atoms with Crippen LogP contribution in [0.5, 0.6) is 0 Å². The molecule has 0 radical (unpaired) electrons. The number of nitrogens with zero attached hydrogens (tertiary/aromatic N) is 2. The van der Waals surface area contributed by atoms with Crippen molar-refractivity contribution in [3.63, 3.8) is 0 Å². The number of nitrogens with one attached hydrogen (secondary N) is 1. The fourth-order valence-electron chi connectivity index (χ4n) is 2.56. The van der Waals surface area contributed by atoms with Gasteiger partial charge in [-0.1, -0.05) is 6.42 Å². The first-order chi connectivity index (χ1) is 8.74. The lowest BCUT2D eigenvalue weighted by atomic mass is 9.97. The fraction of sp³-hybridized carbons (Fsp3) is 0.538. The highest BCUT2D eigenvalue weighted by Gasteiger charge is 2.26. The van der Waals surface area contributed by atoms with Crippen molar-refractivity contribution in [3.8, 4) is 6.07 Å². The third-order valence-electron chi connectivity index (χ3n) is 3.61. The van der Waals surface area contributed by atoms with E-state index >= 15 is 0 Å². The lowest BCUT2D eigenvalue weighted by molar-refractivity contribution is 0.199. The summed E-state index contributed by atoms with van der Waals surface area (Å²) in [4.78, 5) is 4.14. The van der Waals surface area contributed by atoms with Crippen molar-refractivity contribution in [3.05, 3.63) is 17.8 Å². The molecule has 5 heteroatoms.